The number of hydrogen-bond acceptors (Lipinski definition) is 6. The topological polar surface area (TPSA) is 90.7 Å². The van der Waals surface area contributed by atoms with Crippen LogP contribution in [0.2, 0.25) is 0 Å². The summed E-state index contributed by atoms with van der Waals surface area (Å²) in [4.78, 5) is 46.4. The second kappa shape index (κ2) is 12.4. The summed E-state index contributed by atoms with van der Waals surface area (Å²) in [7, 11) is 1.58. The van der Waals surface area contributed by atoms with Gasteiger partial charge in [0.05, 0.1) is 31.0 Å². The summed E-state index contributed by atoms with van der Waals surface area (Å²) in [5.74, 6) is 1.09. The van der Waals surface area contributed by atoms with Gasteiger partial charge in [0.15, 0.2) is 5.78 Å². The third-order valence-corrected chi connectivity index (χ3v) is 6.32. The third kappa shape index (κ3) is 6.34. The molecule has 1 amide bonds. The van der Waals surface area contributed by atoms with Gasteiger partial charge < -0.3 is 14.4 Å². The molecule has 39 heavy (non-hydrogen) atoms. The molecule has 0 fully saturated rings. The van der Waals surface area contributed by atoms with Crippen molar-refractivity contribution >= 4 is 11.7 Å². The minimum absolute atomic E-state index is 0.0557. The van der Waals surface area contributed by atoms with E-state index in [9.17, 15) is 14.4 Å². The number of hydrogen-bond donors (Lipinski definition) is 0. The Morgan fingerprint density at radius 1 is 0.923 bits per heavy atom. The number of ether oxygens (including phenoxy) is 2. The molecule has 3 aromatic rings. The number of fused-ring (bicyclic) bond motifs is 1. The first-order valence-corrected chi connectivity index (χ1v) is 13.0. The normalized spacial score (nSPS) is 12.7. The van der Waals surface area contributed by atoms with Crippen molar-refractivity contribution in [2.24, 2.45) is 0 Å². The van der Waals surface area contributed by atoms with Crippen LogP contribution in [-0.2, 0) is 12.8 Å². The third-order valence-electron chi connectivity index (χ3n) is 6.32. The van der Waals surface area contributed by atoms with E-state index in [2.05, 4.69) is 0 Å². The van der Waals surface area contributed by atoms with E-state index >= 15 is 0 Å². The number of nitrogens with zero attached hydrogens (tertiary/aromatic N) is 3. The number of aromatic nitrogens is 2. The molecule has 1 aromatic heterocycles. The van der Waals surface area contributed by atoms with Crippen molar-refractivity contribution in [3.05, 3.63) is 106 Å². The van der Waals surface area contributed by atoms with E-state index in [1.54, 1.807) is 61.7 Å². The maximum absolute atomic E-state index is 13.6. The van der Waals surface area contributed by atoms with Crippen LogP contribution < -0.4 is 15.0 Å². The Labute approximate surface area is 228 Å². The zero-order chi connectivity index (χ0) is 27.9. The van der Waals surface area contributed by atoms with Crippen molar-refractivity contribution in [1.29, 1.82) is 0 Å². The summed E-state index contributed by atoms with van der Waals surface area (Å²) in [6.07, 6.45) is 0.735. The van der Waals surface area contributed by atoms with Crippen molar-refractivity contribution in [1.82, 2.24) is 14.5 Å². The van der Waals surface area contributed by atoms with Gasteiger partial charge in [-0.2, -0.15) is 0 Å². The molecule has 0 aliphatic carbocycles. The average molecular weight is 528 g/mol. The average Bonchev–Trinajstić information content (AvgIpc) is 2.93. The Hall–Kier alpha value is -4.46. The number of Topliss-reactive ketones (excluding diaryl/α,β-unsaturated/α-hetero) is 1. The van der Waals surface area contributed by atoms with Crippen molar-refractivity contribution in [3.63, 3.8) is 0 Å². The van der Waals surface area contributed by atoms with Gasteiger partial charge in [0.1, 0.15) is 17.3 Å². The van der Waals surface area contributed by atoms with Gasteiger partial charge >= 0.3 is 0 Å². The summed E-state index contributed by atoms with van der Waals surface area (Å²) in [5, 5.41) is 0. The SMILES string of the molecule is CCc1cccccc(=O)n(-c2ccc(OC)cc2)c(CCN2CC(=O)c3cccc(OC(C)C)c3C2=O)n1. The van der Waals surface area contributed by atoms with Gasteiger partial charge in [0, 0.05) is 30.3 Å². The maximum atomic E-state index is 13.6. The molecule has 2 aromatic carbocycles. The lowest BCUT2D eigenvalue weighted by Crippen LogP contribution is -2.43. The Morgan fingerprint density at radius 3 is 2.36 bits per heavy atom. The molecule has 0 atom stereocenters. The monoisotopic (exact) mass is 527 g/mol. The van der Waals surface area contributed by atoms with Crippen molar-refractivity contribution in [3.8, 4) is 17.2 Å². The fourth-order valence-electron chi connectivity index (χ4n) is 4.44. The van der Waals surface area contributed by atoms with Crippen LogP contribution in [0.25, 0.3) is 5.69 Å². The lowest BCUT2D eigenvalue weighted by Gasteiger charge is -2.29. The van der Waals surface area contributed by atoms with Crippen molar-refractivity contribution in [2.75, 3.05) is 20.2 Å². The number of carbonyl (C=O) groups excluding carboxylic acids is 2. The first-order valence-electron chi connectivity index (χ1n) is 13.0. The molecule has 0 N–H and O–H groups in total. The highest BCUT2D eigenvalue weighted by molar-refractivity contribution is 6.15. The summed E-state index contributed by atoms with van der Waals surface area (Å²) in [5.41, 5.74) is 1.76. The van der Waals surface area contributed by atoms with Crippen LogP contribution in [0.4, 0.5) is 0 Å². The van der Waals surface area contributed by atoms with E-state index in [0.29, 0.717) is 35.0 Å². The maximum Gasteiger partial charge on any atom is 0.258 e. The van der Waals surface area contributed by atoms with Gasteiger partial charge in [-0.1, -0.05) is 37.3 Å². The van der Waals surface area contributed by atoms with E-state index in [1.807, 2.05) is 32.9 Å². The van der Waals surface area contributed by atoms with Crippen LogP contribution in [0, 0.1) is 0 Å². The zero-order valence-corrected chi connectivity index (χ0v) is 22.7. The predicted octanol–water partition coefficient (Wildman–Crippen LogP) is 4.60. The molecule has 0 bridgehead atoms. The molecular weight excluding hydrogens is 494 g/mol. The molecule has 2 heterocycles. The Bertz CT molecular complexity index is 1480. The molecule has 1 aliphatic rings. The Morgan fingerprint density at radius 2 is 1.67 bits per heavy atom. The highest BCUT2D eigenvalue weighted by Gasteiger charge is 2.33. The molecule has 0 saturated carbocycles. The lowest BCUT2D eigenvalue weighted by atomic mass is 9.96. The van der Waals surface area contributed by atoms with Crippen LogP contribution in [0.5, 0.6) is 11.5 Å². The second-order valence-electron chi connectivity index (χ2n) is 9.40. The van der Waals surface area contributed by atoms with Gasteiger partial charge in [-0.05, 0) is 56.7 Å². The van der Waals surface area contributed by atoms with Crippen LogP contribution in [-0.4, -0.2) is 52.4 Å². The molecule has 202 valence electrons. The summed E-state index contributed by atoms with van der Waals surface area (Å²) < 4.78 is 12.7. The minimum atomic E-state index is -0.280. The number of aryl methyl sites for hydroxylation is 1. The minimum Gasteiger partial charge on any atom is -0.497 e. The first kappa shape index (κ1) is 27.6. The zero-order valence-electron chi connectivity index (χ0n) is 22.7. The van der Waals surface area contributed by atoms with E-state index < -0.39 is 0 Å². The molecule has 0 unspecified atom stereocenters. The van der Waals surface area contributed by atoms with Gasteiger partial charge in [-0.3, -0.25) is 19.0 Å². The molecule has 0 radical (unpaired) electrons. The number of rotatable bonds is 8. The summed E-state index contributed by atoms with van der Waals surface area (Å²) >= 11 is 0. The van der Waals surface area contributed by atoms with Crippen molar-refractivity contribution in [2.45, 2.75) is 39.7 Å². The van der Waals surface area contributed by atoms with Crippen LogP contribution in [0.3, 0.4) is 0 Å². The van der Waals surface area contributed by atoms with E-state index in [-0.39, 0.29) is 48.4 Å². The number of amides is 1. The molecule has 4 rings (SSSR count). The first-order chi connectivity index (χ1) is 18.8. The van der Waals surface area contributed by atoms with Crippen LogP contribution in [0.15, 0.2) is 77.6 Å². The quantitative estimate of drug-likeness (QED) is 0.425. The Kier molecular flexibility index (Phi) is 8.76. The highest BCUT2D eigenvalue weighted by Crippen LogP contribution is 2.29. The highest BCUT2D eigenvalue weighted by atomic mass is 16.5. The van der Waals surface area contributed by atoms with Gasteiger partial charge in [0.2, 0.25) is 0 Å². The standard InChI is InChI=1S/C31H33N3O5/c1-5-22-10-7-6-8-13-29(36)34(23-14-16-24(38-4)17-15-23)28(32-22)18-19-33-20-26(35)25-11-9-12-27(39-21(2)3)30(25)31(33)37/h6-17,21H,5,18-20H2,1-4H3. The number of carbonyl (C=O) groups is 2. The fraction of sp³-hybridized carbons (Fsp3) is 0.290. The number of methoxy groups -OCH3 is 1. The van der Waals surface area contributed by atoms with Crippen molar-refractivity contribution < 1.29 is 19.1 Å². The number of ketones is 1. The van der Waals surface area contributed by atoms with E-state index in [4.69, 9.17) is 14.5 Å². The molecule has 0 saturated heterocycles. The second-order valence-corrected chi connectivity index (χ2v) is 9.40. The molecule has 8 nitrogen and oxygen atoms in total. The lowest BCUT2D eigenvalue weighted by molar-refractivity contribution is 0.0675. The van der Waals surface area contributed by atoms with Crippen LogP contribution >= 0.6 is 0 Å². The smallest absolute Gasteiger partial charge is 0.258 e. The fourth-order valence-corrected chi connectivity index (χ4v) is 4.44. The van der Waals surface area contributed by atoms with E-state index in [1.165, 1.54) is 15.5 Å². The summed E-state index contributed by atoms with van der Waals surface area (Å²) in [6, 6.07) is 20.9. The van der Waals surface area contributed by atoms with Crippen LogP contribution in [0.1, 0.15) is 53.0 Å². The van der Waals surface area contributed by atoms with Gasteiger partial charge in [0.25, 0.3) is 11.5 Å². The predicted molar refractivity (Wildman–Crippen MR) is 150 cm³/mol. The Balaban J connectivity index is 1.78. The van der Waals surface area contributed by atoms with Gasteiger partial charge in [-0.15, -0.1) is 0 Å². The van der Waals surface area contributed by atoms with E-state index in [0.717, 1.165) is 5.69 Å². The number of benzene rings is 2. The van der Waals surface area contributed by atoms with Gasteiger partial charge in [-0.25, -0.2) is 4.98 Å². The molecule has 8 heteroatoms. The summed E-state index contributed by atoms with van der Waals surface area (Å²) in [6.45, 7) is 5.87. The molecular formula is C31H33N3O5. The molecule has 0 spiro atoms. The largest absolute Gasteiger partial charge is 0.497 e. The molecule has 1 aliphatic heterocycles.